The highest BCUT2D eigenvalue weighted by Crippen LogP contribution is 2.16. The summed E-state index contributed by atoms with van der Waals surface area (Å²) >= 11 is 3.55. The van der Waals surface area contributed by atoms with Gasteiger partial charge in [0.25, 0.3) is 0 Å². The molecule has 138 valence electrons. The number of aromatic nitrogens is 2. The van der Waals surface area contributed by atoms with Crippen molar-refractivity contribution >= 4 is 40.0 Å². The second kappa shape index (κ2) is 9.09. The van der Waals surface area contributed by atoms with Crippen LogP contribution in [0.5, 0.6) is 0 Å². The van der Waals surface area contributed by atoms with Crippen LogP contribution in [0.15, 0.2) is 46.6 Å². The Morgan fingerprint density at radius 3 is 2.62 bits per heavy atom. The molecule has 0 saturated carbocycles. The number of nitrogens with zero attached hydrogens (tertiary/aromatic N) is 2. The summed E-state index contributed by atoms with van der Waals surface area (Å²) in [7, 11) is 0. The molecule has 0 aliphatic heterocycles. The number of nitrogens with one attached hydrogen (secondary N) is 1. The molecular formula is C19H23N3O2S2. The molecule has 0 atom stereocenters. The molecule has 0 saturated heterocycles. The number of aryl methyl sites for hydroxylation is 1. The van der Waals surface area contributed by atoms with Crippen LogP contribution in [0.1, 0.15) is 18.2 Å². The maximum Gasteiger partial charge on any atom is 0.329 e. The van der Waals surface area contributed by atoms with Crippen LogP contribution in [-0.2, 0) is 23.6 Å². The summed E-state index contributed by atoms with van der Waals surface area (Å²) in [5, 5.41) is 4.99. The summed E-state index contributed by atoms with van der Waals surface area (Å²) < 4.78 is 3.32. The van der Waals surface area contributed by atoms with Crippen molar-refractivity contribution in [3.8, 4) is 0 Å². The first-order valence-corrected chi connectivity index (χ1v) is 10.8. The number of carbonyl (C=O) groups is 1. The van der Waals surface area contributed by atoms with Crippen LogP contribution in [0.4, 0.5) is 0 Å². The lowest BCUT2D eigenvalue weighted by Crippen LogP contribution is -2.34. The Balaban J connectivity index is 1.57. The van der Waals surface area contributed by atoms with E-state index < -0.39 is 0 Å². The number of thioether (sulfide) groups is 1. The van der Waals surface area contributed by atoms with Crippen LogP contribution < -0.4 is 11.0 Å². The molecule has 3 rings (SSSR count). The molecule has 0 radical (unpaired) electrons. The summed E-state index contributed by atoms with van der Waals surface area (Å²) in [6, 6.07) is 11.8. The van der Waals surface area contributed by atoms with Gasteiger partial charge < -0.3 is 5.32 Å². The van der Waals surface area contributed by atoms with Gasteiger partial charge >= 0.3 is 5.69 Å². The Labute approximate surface area is 161 Å². The summed E-state index contributed by atoms with van der Waals surface area (Å²) in [4.78, 5) is 26.3. The molecule has 0 fully saturated rings. The highest BCUT2D eigenvalue weighted by molar-refractivity contribution is 7.98. The molecule has 0 spiro atoms. The van der Waals surface area contributed by atoms with Gasteiger partial charge in [-0.2, -0.15) is 11.8 Å². The van der Waals surface area contributed by atoms with E-state index >= 15 is 0 Å². The van der Waals surface area contributed by atoms with Gasteiger partial charge in [-0.15, -0.1) is 11.3 Å². The van der Waals surface area contributed by atoms with Crippen molar-refractivity contribution in [1.82, 2.24) is 14.5 Å². The molecule has 0 aliphatic rings. The maximum absolute atomic E-state index is 12.7. The summed E-state index contributed by atoms with van der Waals surface area (Å²) in [6.07, 6.45) is 0.877. The maximum atomic E-state index is 12.7. The van der Waals surface area contributed by atoms with E-state index in [-0.39, 0.29) is 18.1 Å². The molecule has 7 heteroatoms. The Morgan fingerprint density at radius 2 is 1.92 bits per heavy atom. The van der Waals surface area contributed by atoms with Crippen LogP contribution in [-0.4, -0.2) is 27.3 Å². The molecule has 5 nitrogen and oxygen atoms in total. The molecular weight excluding hydrogens is 366 g/mol. The SMILES string of the molecule is CCCn1c(=O)n(CC(=O)NCCSCc2cccs2)c2ccccc21. The summed E-state index contributed by atoms with van der Waals surface area (Å²) in [5.41, 5.74) is 1.59. The van der Waals surface area contributed by atoms with Crippen molar-refractivity contribution in [2.75, 3.05) is 12.3 Å². The average Bonchev–Trinajstić information content (AvgIpc) is 3.25. The minimum absolute atomic E-state index is 0.0612. The predicted molar refractivity (Wildman–Crippen MR) is 110 cm³/mol. The Hall–Kier alpha value is -1.99. The third kappa shape index (κ3) is 4.40. The summed E-state index contributed by atoms with van der Waals surface area (Å²) in [5.74, 6) is 1.71. The first-order valence-electron chi connectivity index (χ1n) is 8.75. The third-order valence-electron chi connectivity index (χ3n) is 4.07. The van der Waals surface area contributed by atoms with Gasteiger partial charge in [0.2, 0.25) is 5.91 Å². The quantitative estimate of drug-likeness (QED) is 0.571. The van der Waals surface area contributed by atoms with E-state index in [1.54, 1.807) is 32.2 Å². The number of thiophene rings is 1. The summed E-state index contributed by atoms with van der Waals surface area (Å²) in [6.45, 7) is 3.37. The number of para-hydroxylation sites is 2. The van der Waals surface area contributed by atoms with Crippen molar-refractivity contribution in [3.63, 3.8) is 0 Å². The zero-order valence-electron chi connectivity index (χ0n) is 14.8. The van der Waals surface area contributed by atoms with Crippen molar-refractivity contribution in [1.29, 1.82) is 0 Å². The minimum Gasteiger partial charge on any atom is -0.354 e. The molecule has 0 bridgehead atoms. The standard InChI is InChI=1S/C19H23N3O2S2/c1-2-10-21-16-7-3-4-8-17(16)22(19(21)24)13-18(23)20-9-12-25-14-15-6-5-11-26-15/h3-8,11H,2,9-10,12-14H2,1H3,(H,20,23). The number of rotatable bonds is 9. The number of amides is 1. The molecule has 1 N–H and O–H groups in total. The van der Waals surface area contributed by atoms with E-state index in [1.807, 2.05) is 31.2 Å². The van der Waals surface area contributed by atoms with Crippen LogP contribution >= 0.6 is 23.1 Å². The second-order valence-electron chi connectivity index (χ2n) is 5.99. The monoisotopic (exact) mass is 389 g/mol. The predicted octanol–water partition coefficient (Wildman–Crippen LogP) is 3.32. The molecule has 2 aromatic heterocycles. The Kier molecular flexibility index (Phi) is 6.57. The largest absolute Gasteiger partial charge is 0.354 e. The average molecular weight is 390 g/mol. The van der Waals surface area contributed by atoms with E-state index in [2.05, 4.69) is 22.8 Å². The van der Waals surface area contributed by atoms with Crippen LogP contribution in [0, 0.1) is 0 Å². The molecule has 3 aromatic rings. The topological polar surface area (TPSA) is 56.0 Å². The second-order valence-corrected chi connectivity index (χ2v) is 8.13. The number of fused-ring (bicyclic) bond motifs is 1. The van der Waals surface area contributed by atoms with E-state index in [0.717, 1.165) is 29.0 Å². The molecule has 1 amide bonds. The third-order valence-corrected chi connectivity index (χ3v) is 6.13. The van der Waals surface area contributed by atoms with E-state index in [4.69, 9.17) is 0 Å². The highest BCUT2D eigenvalue weighted by atomic mass is 32.2. The van der Waals surface area contributed by atoms with E-state index in [0.29, 0.717) is 13.1 Å². The van der Waals surface area contributed by atoms with Crippen molar-refractivity contribution in [2.45, 2.75) is 32.2 Å². The zero-order chi connectivity index (χ0) is 18.4. The smallest absolute Gasteiger partial charge is 0.329 e. The van der Waals surface area contributed by atoms with Gasteiger partial charge in [-0.1, -0.05) is 25.1 Å². The van der Waals surface area contributed by atoms with Gasteiger partial charge in [0.05, 0.1) is 11.0 Å². The molecule has 0 aliphatic carbocycles. The lowest BCUT2D eigenvalue weighted by Gasteiger charge is -2.06. The van der Waals surface area contributed by atoms with Gasteiger partial charge in [0.15, 0.2) is 0 Å². The van der Waals surface area contributed by atoms with Gasteiger partial charge in [-0.25, -0.2) is 4.79 Å². The van der Waals surface area contributed by atoms with E-state index in [9.17, 15) is 9.59 Å². The minimum atomic E-state index is -0.122. The first kappa shape index (κ1) is 18.8. The lowest BCUT2D eigenvalue weighted by atomic mass is 10.3. The van der Waals surface area contributed by atoms with Gasteiger partial charge in [0.1, 0.15) is 6.54 Å². The van der Waals surface area contributed by atoms with Crippen molar-refractivity contribution in [3.05, 3.63) is 57.1 Å². The van der Waals surface area contributed by atoms with Gasteiger partial charge in [0, 0.05) is 29.5 Å². The number of benzene rings is 1. The van der Waals surface area contributed by atoms with Crippen molar-refractivity contribution in [2.24, 2.45) is 0 Å². The van der Waals surface area contributed by atoms with Crippen LogP contribution in [0.25, 0.3) is 11.0 Å². The fourth-order valence-electron chi connectivity index (χ4n) is 2.89. The number of hydrogen-bond acceptors (Lipinski definition) is 4. The van der Waals surface area contributed by atoms with Gasteiger partial charge in [-0.05, 0) is 30.0 Å². The molecule has 26 heavy (non-hydrogen) atoms. The normalized spacial score (nSPS) is 11.1. The number of carbonyl (C=O) groups excluding carboxylic acids is 1. The fraction of sp³-hybridized carbons (Fsp3) is 0.368. The lowest BCUT2D eigenvalue weighted by molar-refractivity contribution is -0.121. The van der Waals surface area contributed by atoms with Crippen LogP contribution in [0.3, 0.4) is 0 Å². The number of imidazole rings is 1. The Morgan fingerprint density at radius 1 is 1.15 bits per heavy atom. The van der Waals surface area contributed by atoms with Crippen LogP contribution in [0.2, 0.25) is 0 Å². The first-order chi connectivity index (χ1) is 12.7. The zero-order valence-corrected chi connectivity index (χ0v) is 16.4. The highest BCUT2D eigenvalue weighted by Gasteiger charge is 2.14. The van der Waals surface area contributed by atoms with E-state index in [1.165, 1.54) is 4.88 Å². The fourth-order valence-corrected chi connectivity index (χ4v) is 4.59. The number of hydrogen-bond donors (Lipinski definition) is 1. The molecule has 2 heterocycles. The molecule has 1 aromatic carbocycles. The molecule has 0 unspecified atom stereocenters. The Bertz CT molecular complexity index is 913. The van der Waals surface area contributed by atoms with Gasteiger partial charge in [-0.3, -0.25) is 13.9 Å². The van der Waals surface area contributed by atoms with Crippen molar-refractivity contribution < 1.29 is 4.79 Å².